The van der Waals surface area contributed by atoms with Gasteiger partial charge in [0, 0.05) is 17.8 Å². The van der Waals surface area contributed by atoms with Gasteiger partial charge in [-0.1, -0.05) is 16.8 Å². The molecule has 2 rings (SSSR count). The molecule has 14 heavy (non-hydrogen) atoms. The fourth-order valence-corrected chi connectivity index (χ4v) is 1.51. The number of amidine groups is 1. The number of H-pyrrole nitrogens is 1. The highest BCUT2D eigenvalue weighted by molar-refractivity contribution is 6.38. The lowest BCUT2D eigenvalue weighted by atomic mass is 10.2. The predicted molar refractivity (Wildman–Crippen MR) is 53.6 cm³/mol. The molecule has 0 aromatic carbocycles. The van der Waals surface area contributed by atoms with Gasteiger partial charge in [-0.05, 0) is 6.07 Å². The van der Waals surface area contributed by atoms with Crippen molar-refractivity contribution in [2.45, 2.75) is 0 Å². The van der Waals surface area contributed by atoms with Gasteiger partial charge < -0.3 is 15.9 Å². The zero-order valence-corrected chi connectivity index (χ0v) is 7.78. The minimum atomic E-state index is -0.0504. The number of hydrogen-bond acceptors (Lipinski definition) is 3. The summed E-state index contributed by atoms with van der Waals surface area (Å²) in [6, 6.07) is 1.78. The van der Waals surface area contributed by atoms with Gasteiger partial charge in [0.15, 0.2) is 5.84 Å². The van der Waals surface area contributed by atoms with E-state index in [0.29, 0.717) is 16.2 Å². The minimum Gasteiger partial charge on any atom is -0.409 e. The minimum absolute atomic E-state index is 0.0504. The van der Waals surface area contributed by atoms with Crippen LogP contribution in [0.5, 0.6) is 0 Å². The first kappa shape index (κ1) is 8.83. The van der Waals surface area contributed by atoms with Gasteiger partial charge in [-0.25, -0.2) is 4.98 Å². The van der Waals surface area contributed by atoms with Crippen molar-refractivity contribution in [3.63, 3.8) is 0 Å². The summed E-state index contributed by atoms with van der Waals surface area (Å²) >= 11 is 6.02. The van der Waals surface area contributed by atoms with Crippen LogP contribution in [0.25, 0.3) is 11.0 Å². The van der Waals surface area contributed by atoms with Gasteiger partial charge in [-0.15, -0.1) is 0 Å². The Balaban J connectivity index is 2.74. The summed E-state index contributed by atoms with van der Waals surface area (Å²) in [5, 5.41) is 12.5. The van der Waals surface area contributed by atoms with Crippen LogP contribution >= 0.6 is 11.6 Å². The van der Waals surface area contributed by atoms with Gasteiger partial charge in [0.2, 0.25) is 0 Å². The fraction of sp³-hybridized carbons (Fsp3) is 0. The number of nitrogens with one attached hydrogen (secondary N) is 1. The molecule has 0 radical (unpaired) electrons. The molecule has 2 aromatic rings. The number of fused-ring (bicyclic) bond motifs is 1. The van der Waals surface area contributed by atoms with E-state index in [4.69, 9.17) is 22.5 Å². The van der Waals surface area contributed by atoms with Crippen LogP contribution in [0.15, 0.2) is 23.6 Å². The predicted octanol–water partition coefficient (Wildman–Crippen LogP) is 1.31. The van der Waals surface area contributed by atoms with Crippen molar-refractivity contribution in [3.05, 3.63) is 29.0 Å². The van der Waals surface area contributed by atoms with Crippen LogP contribution in [0.2, 0.25) is 5.02 Å². The molecule has 0 amide bonds. The first-order valence-corrected chi connectivity index (χ1v) is 4.21. The first-order chi connectivity index (χ1) is 6.74. The Hall–Kier alpha value is -1.75. The highest BCUT2D eigenvalue weighted by Crippen LogP contribution is 2.24. The highest BCUT2D eigenvalue weighted by atomic mass is 35.5. The molecule has 0 fully saturated rings. The number of halogens is 1. The molecular weight excluding hydrogens is 204 g/mol. The topological polar surface area (TPSA) is 87.3 Å². The molecule has 2 aromatic heterocycles. The van der Waals surface area contributed by atoms with Crippen LogP contribution in [0.4, 0.5) is 0 Å². The van der Waals surface area contributed by atoms with E-state index in [1.54, 1.807) is 12.3 Å². The number of oxime groups is 1. The maximum Gasteiger partial charge on any atom is 0.173 e. The SMILES string of the molecule is N/C(=N\O)c1cnc2[nH]ccc2c1Cl. The number of nitrogens with zero attached hydrogens (tertiary/aromatic N) is 2. The molecule has 0 unspecified atom stereocenters. The Morgan fingerprint density at radius 1 is 1.64 bits per heavy atom. The highest BCUT2D eigenvalue weighted by Gasteiger charge is 2.10. The van der Waals surface area contributed by atoms with Gasteiger partial charge in [0.1, 0.15) is 5.65 Å². The molecule has 2 heterocycles. The van der Waals surface area contributed by atoms with Crippen molar-refractivity contribution in [3.8, 4) is 0 Å². The Bertz CT molecular complexity index is 505. The van der Waals surface area contributed by atoms with Gasteiger partial charge in [0.05, 0.1) is 10.6 Å². The second kappa shape index (κ2) is 3.19. The average Bonchev–Trinajstić information content (AvgIpc) is 2.66. The lowest BCUT2D eigenvalue weighted by molar-refractivity contribution is 0.318. The van der Waals surface area contributed by atoms with Crippen LogP contribution in [-0.2, 0) is 0 Å². The van der Waals surface area contributed by atoms with Crippen molar-refractivity contribution in [1.29, 1.82) is 0 Å². The average molecular weight is 211 g/mol. The zero-order valence-electron chi connectivity index (χ0n) is 7.03. The molecule has 72 valence electrons. The monoisotopic (exact) mass is 210 g/mol. The third kappa shape index (κ3) is 1.18. The number of pyridine rings is 1. The standard InChI is InChI=1S/C8H7ClN4O/c9-6-4-1-2-11-8(4)12-3-5(6)7(10)13-14/h1-3,14H,(H2,10,13)(H,11,12). The molecule has 0 spiro atoms. The summed E-state index contributed by atoms with van der Waals surface area (Å²) in [5.41, 5.74) is 6.51. The van der Waals surface area contributed by atoms with E-state index in [-0.39, 0.29) is 5.84 Å². The molecule has 0 aliphatic heterocycles. The lowest BCUT2D eigenvalue weighted by Gasteiger charge is -2.01. The van der Waals surface area contributed by atoms with Crippen molar-refractivity contribution < 1.29 is 5.21 Å². The molecule has 0 saturated carbocycles. The smallest absolute Gasteiger partial charge is 0.173 e. The van der Waals surface area contributed by atoms with Gasteiger partial charge in [-0.2, -0.15) is 0 Å². The van der Waals surface area contributed by atoms with E-state index in [2.05, 4.69) is 15.1 Å². The third-order valence-electron chi connectivity index (χ3n) is 1.90. The second-order valence-corrected chi connectivity index (χ2v) is 3.09. The van der Waals surface area contributed by atoms with Crippen LogP contribution in [0.1, 0.15) is 5.56 Å². The molecule has 0 bridgehead atoms. The quantitative estimate of drug-likeness (QED) is 0.287. The summed E-state index contributed by atoms with van der Waals surface area (Å²) in [4.78, 5) is 6.96. The maximum atomic E-state index is 8.50. The van der Waals surface area contributed by atoms with Crippen LogP contribution in [0.3, 0.4) is 0 Å². The zero-order chi connectivity index (χ0) is 10.1. The molecule has 5 nitrogen and oxygen atoms in total. The largest absolute Gasteiger partial charge is 0.409 e. The van der Waals surface area contributed by atoms with E-state index < -0.39 is 0 Å². The molecule has 6 heteroatoms. The van der Waals surface area contributed by atoms with Crippen molar-refractivity contribution >= 4 is 28.5 Å². The number of rotatable bonds is 1. The molecule has 0 aliphatic rings. The summed E-state index contributed by atoms with van der Waals surface area (Å²) < 4.78 is 0. The Kier molecular flexibility index (Phi) is 2.01. The molecule has 4 N–H and O–H groups in total. The Morgan fingerprint density at radius 2 is 2.43 bits per heavy atom. The lowest BCUT2D eigenvalue weighted by Crippen LogP contribution is -2.14. The number of aromatic nitrogens is 2. The van der Waals surface area contributed by atoms with Crippen molar-refractivity contribution in [2.75, 3.05) is 0 Å². The number of aromatic amines is 1. The fourth-order valence-electron chi connectivity index (χ4n) is 1.21. The van der Waals surface area contributed by atoms with Crippen molar-refractivity contribution in [2.24, 2.45) is 10.9 Å². The normalized spacial score (nSPS) is 12.2. The number of hydrogen-bond donors (Lipinski definition) is 3. The van der Waals surface area contributed by atoms with E-state index >= 15 is 0 Å². The first-order valence-electron chi connectivity index (χ1n) is 3.83. The maximum absolute atomic E-state index is 8.50. The Labute approximate surface area is 84.2 Å². The van der Waals surface area contributed by atoms with Gasteiger partial charge >= 0.3 is 0 Å². The summed E-state index contributed by atoms with van der Waals surface area (Å²) in [5.74, 6) is -0.0504. The Morgan fingerprint density at radius 3 is 3.14 bits per heavy atom. The molecular formula is C8H7ClN4O. The van der Waals surface area contributed by atoms with Crippen LogP contribution in [-0.4, -0.2) is 21.0 Å². The van der Waals surface area contributed by atoms with Gasteiger partial charge in [0.25, 0.3) is 0 Å². The van der Waals surface area contributed by atoms with E-state index in [9.17, 15) is 0 Å². The van der Waals surface area contributed by atoms with Crippen molar-refractivity contribution in [1.82, 2.24) is 9.97 Å². The van der Waals surface area contributed by atoms with Crippen LogP contribution < -0.4 is 5.73 Å². The molecule has 0 aliphatic carbocycles. The molecule has 0 atom stereocenters. The van der Waals surface area contributed by atoms with E-state index in [1.807, 2.05) is 0 Å². The van der Waals surface area contributed by atoms with E-state index in [0.717, 1.165) is 5.39 Å². The third-order valence-corrected chi connectivity index (χ3v) is 2.31. The summed E-state index contributed by atoms with van der Waals surface area (Å²) in [6.07, 6.45) is 3.18. The van der Waals surface area contributed by atoms with Gasteiger partial charge in [-0.3, -0.25) is 0 Å². The second-order valence-electron chi connectivity index (χ2n) is 2.71. The van der Waals surface area contributed by atoms with Crippen LogP contribution in [0, 0.1) is 0 Å². The summed E-state index contributed by atoms with van der Waals surface area (Å²) in [7, 11) is 0. The number of nitrogens with two attached hydrogens (primary N) is 1. The summed E-state index contributed by atoms with van der Waals surface area (Å²) in [6.45, 7) is 0. The molecule has 0 saturated heterocycles. The van der Waals surface area contributed by atoms with E-state index in [1.165, 1.54) is 6.20 Å².